The number of hydrogen-bond donors (Lipinski definition) is 1. The van der Waals surface area contributed by atoms with Crippen molar-refractivity contribution in [1.82, 2.24) is 9.80 Å². The van der Waals surface area contributed by atoms with Gasteiger partial charge in [0.25, 0.3) is 0 Å². The molecule has 0 spiro atoms. The molecule has 0 saturated carbocycles. The second kappa shape index (κ2) is 3.99. The van der Waals surface area contributed by atoms with E-state index < -0.39 is 0 Å². The molecule has 2 fully saturated rings. The van der Waals surface area contributed by atoms with Crippen molar-refractivity contribution in [3.63, 3.8) is 0 Å². The molecule has 0 aromatic heterocycles. The fraction of sp³-hybridized carbons (Fsp3) is 1.00. The highest BCUT2D eigenvalue weighted by atomic mass is 32.1. The van der Waals surface area contributed by atoms with Gasteiger partial charge in [-0.1, -0.05) is 0 Å². The third kappa shape index (κ3) is 1.78. The lowest BCUT2D eigenvalue weighted by molar-refractivity contribution is 0.110. The zero-order chi connectivity index (χ0) is 8.39. The van der Waals surface area contributed by atoms with Gasteiger partial charge in [-0.25, -0.2) is 0 Å². The summed E-state index contributed by atoms with van der Waals surface area (Å²) >= 11 is 4.27. The topological polar surface area (TPSA) is 6.48 Å². The highest BCUT2D eigenvalue weighted by Gasteiger charge is 2.29. The molecule has 2 aliphatic heterocycles. The summed E-state index contributed by atoms with van der Waals surface area (Å²) in [5.74, 6) is 1.01. The molecule has 2 nitrogen and oxygen atoms in total. The SMILES string of the molecule is SCCN1CCN2CCCC2C1. The van der Waals surface area contributed by atoms with E-state index in [1.54, 1.807) is 0 Å². The van der Waals surface area contributed by atoms with E-state index in [4.69, 9.17) is 0 Å². The highest BCUT2D eigenvalue weighted by molar-refractivity contribution is 7.80. The zero-order valence-corrected chi connectivity index (χ0v) is 8.47. The molecule has 70 valence electrons. The number of fused-ring (bicyclic) bond motifs is 1. The average Bonchev–Trinajstić information content (AvgIpc) is 2.51. The molecule has 0 aromatic rings. The highest BCUT2D eigenvalue weighted by Crippen LogP contribution is 2.20. The quantitative estimate of drug-likeness (QED) is 0.634. The molecular weight excluding hydrogens is 168 g/mol. The van der Waals surface area contributed by atoms with Gasteiger partial charge in [0.2, 0.25) is 0 Å². The van der Waals surface area contributed by atoms with Crippen molar-refractivity contribution in [2.45, 2.75) is 18.9 Å². The predicted molar refractivity (Wildman–Crippen MR) is 54.9 cm³/mol. The van der Waals surface area contributed by atoms with Gasteiger partial charge in [-0.3, -0.25) is 9.80 Å². The van der Waals surface area contributed by atoms with Crippen molar-refractivity contribution >= 4 is 12.6 Å². The number of thiol groups is 1. The largest absolute Gasteiger partial charge is 0.300 e. The molecule has 3 heteroatoms. The Kier molecular flexibility index (Phi) is 2.94. The summed E-state index contributed by atoms with van der Waals surface area (Å²) in [6, 6.07) is 0.874. The van der Waals surface area contributed by atoms with Gasteiger partial charge >= 0.3 is 0 Å². The van der Waals surface area contributed by atoms with Crippen LogP contribution in [0.5, 0.6) is 0 Å². The van der Waals surface area contributed by atoms with Crippen LogP contribution in [0.4, 0.5) is 0 Å². The molecule has 2 rings (SSSR count). The molecule has 0 bridgehead atoms. The normalized spacial score (nSPS) is 32.2. The Morgan fingerprint density at radius 1 is 1.25 bits per heavy atom. The number of rotatable bonds is 2. The van der Waals surface area contributed by atoms with Crippen LogP contribution < -0.4 is 0 Å². The molecular formula is C9H18N2S. The van der Waals surface area contributed by atoms with Crippen molar-refractivity contribution < 1.29 is 0 Å². The van der Waals surface area contributed by atoms with Gasteiger partial charge in [0.15, 0.2) is 0 Å². The van der Waals surface area contributed by atoms with Crippen LogP contribution in [-0.2, 0) is 0 Å². The van der Waals surface area contributed by atoms with E-state index in [2.05, 4.69) is 22.4 Å². The van der Waals surface area contributed by atoms with Gasteiger partial charge in [-0.15, -0.1) is 0 Å². The average molecular weight is 186 g/mol. The first kappa shape index (κ1) is 8.85. The Bertz CT molecular complexity index is 151. The van der Waals surface area contributed by atoms with E-state index in [0.29, 0.717) is 0 Å². The van der Waals surface area contributed by atoms with Crippen molar-refractivity contribution in [2.75, 3.05) is 38.5 Å². The van der Waals surface area contributed by atoms with Gasteiger partial charge in [-0.05, 0) is 19.4 Å². The second-order valence-electron chi connectivity index (χ2n) is 3.86. The van der Waals surface area contributed by atoms with Gasteiger partial charge in [0, 0.05) is 38.0 Å². The number of hydrogen-bond acceptors (Lipinski definition) is 3. The van der Waals surface area contributed by atoms with Gasteiger partial charge in [0.05, 0.1) is 0 Å². The Hall–Kier alpha value is 0.270. The van der Waals surface area contributed by atoms with Gasteiger partial charge in [-0.2, -0.15) is 12.6 Å². The summed E-state index contributed by atoms with van der Waals surface area (Å²) in [5.41, 5.74) is 0. The smallest absolute Gasteiger partial charge is 0.0224 e. The minimum Gasteiger partial charge on any atom is -0.300 e. The van der Waals surface area contributed by atoms with E-state index in [1.807, 2.05) is 0 Å². The van der Waals surface area contributed by atoms with Crippen molar-refractivity contribution in [3.05, 3.63) is 0 Å². The predicted octanol–water partition coefficient (Wildman–Crippen LogP) is 0.696. The van der Waals surface area contributed by atoms with E-state index in [9.17, 15) is 0 Å². The first-order valence-electron chi connectivity index (χ1n) is 4.97. The zero-order valence-electron chi connectivity index (χ0n) is 7.58. The third-order valence-electron chi connectivity index (χ3n) is 3.09. The fourth-order valence-electron chi connectivity index (χ4n) is 2.40. The molecule has 2 aliphatic rings. The molecule has 2 saturated heterocycles. The molecule has 0 aliphatic carbocycles. The van der Waals surface area contributed by atoms with Crippen LogP contribution in [0.3, 0.4) is 0 Å². The summed E-state index contributed by atoms with van der Waals surface area (Å²) in [7, 11) is 0. The van der Waals surface area contributed by atoms with Crippen molar-refractivity contribution in [3.8, 4) is 0 Å². The van der Waals surface area contributed by atoms with E-state index in [1.165, 1.54) is 45.6 Å². The summed E-state index contributed by atoms with van der Waals surface area (Å²) in [4.78, 5) is 5.20. The maximum absolute atomic E-state index is 4.27. The van der Waals surface area contributed by atoms with Gasteiger partial charge in [0.1, 0.15) is 0 Å². The summed E-state index contributed by atoms with van der Waals surface area (Å²) in [6.45, 7) is 6.36. The Morgan fingerprint density at radius 2 is 2.17 bits per heavy atom. The molecule has 0 N–H and O–H groups in total. The molecule has 0 radical (unpaired) electrons. The first-order valence-corrected chi connectivity index (χ1v) is 5.60. The molecule has 12 heavy (non-hydrogen) atoms. The van der Waals surface area contributed by atoms with Crippen LogP contribution in [-0.4, -0.2) is 54.3 Å². The van der Waals surface area contributed by atoms with Crippen LogP contribution in [0.2, 0.25) is 0 Å². The minimum absolute atomic E-state index is 0.874. The lowest BCUT2D eigenvalue weighted by Gasteiger charge is -2.37. The number of piperazine rings is 1. The fourth-order valence-corrected chi connectivity index (χ4v) is 2.68. The van der Waals surface area contributed by atoms with Crippen LogP contribution in [0.1, 0.15) is 12.8 Å². The maximum Gasteiger partial charge on any atom is 0.0224 e. The van der Waals surface area contributed by atoms with E-state index in [-0.39, 0.29) is 0 Å². The third-order valence-corrected chi connectivity index (χ3v) is 3.29. The monoisotopic (exact) mass is 186 g/mol. The molecule has 0 amide bonds. The van der Waals surface area contributed by atoms with E-state index in [0.717, 1.165) is 11.8 Å². The lowest BCUT2D eigenvalue weighted by Crippen LogP contribution is -2.50. The minimum atomic E-state index is 0.874. The molecule has 0 aromatic carbocycles. The number of nitrogens with zero attached hydrogens (tertiary/aromatic N) is 2. The first-order chi connectivity index (χ1) is 5.90. The maximum atomic E-state index is 4.27. The van der Waals surface area contributed by atoms with Crippen molar-refractivity contribution in [1.29, 1.82) is 0 Å². The summed E-state index contributed by atoms with van der Waals surface area (Å²) in [5, 5.41) is 0. The van der Waals surface area contributed by atoms with Crippen LogP contribution in [0.25, 0.3) is 0 Å². The van der Waals surface area contributed by atoms with Crippen LogP contribution in [0, 0.1) is 0 Å². The molecule has 2 heterocycles. The Balaban J connectivity index is 1.84. The standard InChI is InChI=1S/C9H18N2S/c12-7-6-10-4-5-11-3-1-2-9(11)8-10/h9,12H,1-8H2. The summed E-state index contributed by atoms with van der Waals surface area (Å²) < 4.78 is 0. The van der Waals surface area contributed by atoms with Crippen LogP contribution >= 0.6 is 12.6 Å². The Morgan fingerprint density at radius 3 is 3.00 bits per heavy atom. The molecule has 1 unspecified atom stereocenters. The van der Waals surface area contributed by atoms with Crippen LogP contribution in [0.15, 0.2) is 0 Å². The van der Waals surface area contributed by atoms with E-state index >= 15 is 0 Å². The van der Waals surface area contributed by atoms with Gasteiger partial charge < -0.3 is 0 Å². The second-order valence-corrected chi connectivity index (χ2v) is 4.30. The van der Waals surface area contributed by atoms with Crippen molar-refractivity contribution in [2.24, 2.45) is 0 Å². The lowest BCUT2D eigenvalue weighted by atomic mass is 10.1. The summed E-state index contributed by atoms with van der Waals surface area (Å²) in [6.07, 6.45) is 2.84. The molecule has 1 atom stereocenters. The Labute approximate surface area is 80.3 Å².